The molecule has 8 heavy (non-hydrogen) atoms. The molecule has 0 unspecified atom stereocenters. The van der Waals surface area contributed by atoms with Crippen molar-refractivity contribution in [3.63, 3.8) is 0 Å². The number of hydrogen-bond donors (Lipinski definition) is 0. The van der Waals surface area contributed by atoms with Gasteiger partial charge in [-0.3, -0.25) is 0 Å². The van der Waals surface area contributed by atoms with Crippen LogP contribution in [0.4, 0.5) is 0 Å². The molecule has 38 valence electrons. The number of hydrogen-bond acceptors (Lipinski definition) is 4. The summed E-state index contributed by atoms with van der Waals surface area (Å²) in [5, 5.41) is 0. The third-order valence-electron chi connectivity index (χ3n) is 0.110. The zero-order chi connectivity index (χ0) is 4.83. The van der Waals surface area contributed by atoms with E-state index < -0.39 is 0 Å². The molecule has 0 fully saturated rings. The number of carbonyl (C=O) groups excluding carboxylic acids is 2. The van der Waals surface area contributed by atoms with Crippen LogP contribution >= 0.6 is 0 Å². The fraction of sp³-hybridized carbons (Fsp3) is 0. The maximum absolute atomic E-state index is 8.91. The van der Waals surface area contributed by atoms with E-state index in [1.54, 1.807) is 0 Å². The van der Waals surface area contributed by atoms with Gasteiger partial charge in [0.1, 0.15) is 0 Å². The molecule has 0 radical (unpaired) electrons. The van der Waals surface area contributed by atoms with Crippen molar-refractivity contribution in [1.29, 1.82) is 0 Å². The van der Waals surface area contributed by atoms with Gasteiger partial charge in [0.05, 0.1) is 0 Å². The molecule has 0 aliphatic carbocycles. The van der Waals surface area contributed by atoms with E-state index in [4.69, 9.17) is 9.59 Å². The second kappa shape index (κ2) is 38.5. The first kappa shape index (κ1) is 20.4. The predicted octanol–water partition coefficient (Wildman–Crippen LogP) is -0.931. The maximum Gasteiger partial charge on any atom is 0 e. The summed E-state index contributed by atoms with van der Waals surface area (Å²) < 4.78 is 0. The minimum atomic E-state index is 0. The van der Waals surface area contributed by atoms with Gasteiger partial charge in [0.2, 0.25) is 0 Å². The first-order chi connectivity index (χ1) is 2.91. The van der Waals surface area contributed by atoms with Gasteiger partial charge in [-0.1, -0.05) is 0 Å². The van der Waals surface area contributed by atoms with Gasteiger partial charge in [-0.2, -0.15) is 0 Å². The molecule has 0 rings (SSSR count). The molecule has 0 bridgehead atoms. The van der Waals surface area contributed by atoms with E-state index >= 15 is 0 Å². The Morgan fingerprint density at radius 3 is 1.25 bits per heavy atom. The van der Waals surface area contributed by atoms with E-state index in [0.717, 1.165) is 12.9 Å². The Labute approximate surface area is 33.6 Å². The molecule has 0 saturated heterocycles. The SMILES string of the molecule is O=[C-]OO[C-]=O.[Rf].[Rf]. The van der Waals surface area contributed by atoms with E-state index in [9.17, 15) is 0 Å². The topological polar surface area (TPSA) is 52.6 Å². The average molecular weight is 622 g/mol. The van der Waals surface area contributed by atoms with Crippen LogP contribution in [0, 0.1) is 0 Å². The normalized spacial score (nSPS) is 4.50. The van der Waals surface area contributed by atoms with Gasteiger partial charge in [0, 0.05) is 0 Å². The molecule has 4 nitrogen and oxygen atoms in total. The third-order valence-corrected chi connectivity index (χ3v) is 0.110. The Kier molecular flexibility index (Phi) is 98.2. The maximum atomic E-state index is 8.91. The molecular weight excluding hydrogens is 622 g/mol. The van der Waals surface area contributed by atoms with Crippen molar-refractivity contribution < 1.29 is 19.4 Å². The summed E-state index contributed by atoms with van der Waals surface area (Å²) in [4.78, 5) is 24.3. The Bertz CT molecular complexity index is 48.0. The van der Waals surface area contributed by atoms with E-state index in [-0.39, 0.29) is 0 Å². The average Bonchev–Trinajstić information content (AvgIpc) is 1.61. The Morgan fingerprint density at radius 2 is 1.12 bits per heavy atom. The van der Waals surface area contributed by atoms with E-state index in [0.29, 0.717) is 0 Å². The summed E-state index contributed by atoms with van der Waals surface area (Å²) in [5.74, 6) is 0. The van der Waals surface area contributed by atoms with Crippen LogP contribution in [0.5, 0.6) is 0 Å². The Balaban J connectivity index is -0.000000125. The number of rotatable bonds is 3. The summed E-state index contributed by atoms with van der Waals surface area (Å²) in [6, 6.07) is 0. The van der Waals surface area contributed by atoms with Gasteiger partial charge in [-0.25, -0.2) is 0 Å². The van der Waals surface area contributed by atoms with Crippen molar-refractivity contribution in [2.45, 2.75) is 0 Å². The molecule has 0 N–H and O–H groups in total. The molecule has 0 atom stereocenters. The van der Waals surface area contributed by atoms with Crippen LogP contribution in [0.25, 0.3) is 0 Å². The van der Waals surface area contributed by atoms with Crippen molar-refractivity contribution in [1.82, 2.24) is 0 Å². The van der Waals surface area contributed by atoms with Gasteiger partial charge in [-0.15, -0.1) is 0 Å². The predicted molar refractivity (Wildman–Crippen MR) is 13.6 cm³/mol. The molecular formula is C2O4Rf2-2. The monoisotopic (exact) mass is 622 g/mol. The van der Waals surface area contributed by atoms with Crippen molar-refractivity contribution in [3.05, 3.63) is 0 Å². The third kappa shape index (κ3) is 3070. The molecule has 0 spiro atoms. The summed E-state index contributed by atoms with van der Waals surface area (Å²) in [6.45, 7) is 1.67. The second-order valence-electron chi connectivity index (χ2n) is 0.333. The van der Waals surface area contributed by atoms with E-state index in [2.05, 4.69) is 9.78 Å². The fourth-order valence-electron chi connectivity index (χ4n) is 0.0340. The molecule has 0 heterocycles. The minimum absolute atomic E-state index is 0. The Hall–Kier alpha value is -3.06. The van der Waals surface area contributed by atoms with Gasteiger partial charge in [-0.05, 0) is 12.9 Å². The van der Waals surface area contributed by atoms with Gasteiger partial charge in [0.15, 0.2) is 0 Å². The molecule has 0 aromatic rings. The molecule has 6 heteroatoms. The van der Waals surface area contributed by atoms with Crippen molar-refractivity contribution in [3.8, 4) is 0 Å². The summed E-state index contributed by atoms with van der Waals surface area (Å²) in [7, 11) is 0. The minimum Gasteiger partial charge on any atom is -0.494 e. The molecule has 0 aromatic heterocycles. The molecule has 0 aromatic carbocycles. The van der Waals surface area contributed by atoms with E-state index in [1.165, 1.54) is 0 Å². The fourth-order valence-corrected chi connectivity index (χ4v) is 0.0340. The van der Waals surface area contributed by atoms with Crippen molar-refractivity contribution in [2.24, 2.45) is 0 Å². The van der Waals surface area contributed by atoms with Crippen LogP contribution in [0.1, 0.15) is 0 Å². The van der Waals surface area contributed by atoms with Crippen molar-refractivity contribution >= 4 is 12.9 Å². The molecule has 0 aliphatic rings. The molecule has 0 saturated carbocycles. The summed E-state index contributed by atoms with van der Waals surface area (Å²) in [5.41, 5.74) is 0. The van der Waals surface area contributed by atoms with Crippen LogP contribution in [-0.4, -0.2) is 12.9 Å². The Morgan fingerprint density at radius 1 is 0.875 bits per heavy atom. The zero-order valence-corrected chi connectivity index (χ0v) is 16.8. The largest absolute Gasteiger partial charge is 0.494 e. The summed E-state index contributed by atoms with van der Waals surface area (Å²) >= 11 is 0. The van der Waals surface area contributed by atoms with Crippen LogP contribution in [0.15, 0.2) is 0 Å². The van der Waals surface area contributed by atoms with Gasteiger partial charge in [0.25, 0.3) is 0 Å². The quantitative estimate of drug-likeness (QED) is 0.177. The van der Waals surface area contributed by atoms with Crippen LogP contribution in [0.3, 0.4) is 0 Å². The standard InChI is InChI=1S/C2O4.2Rf/c3-1-5-6-2-4;;/q-2;;. The molecule has 0 amide bonds. The van der Waals surface area contributed by atoms with Crippen LogP contribution in [-0.2, 0) is 19.4 Å². The van der Waals surface area contributed by atoms with Crippen LogP contribution < -0.4 is 0 Å². The zero-order valence-electron chi connectivity index (χ0n) is 4.05. The van der Waals surface area contributed by atoms with E-state index in [1.807, 2.05) is 0 Å². The second-order valence-corrected chi connectivity index (χ2v) is 0.333. The van der Waals surface area contributed by atoms with Gasteiger partial charge >= 0.3 is 0 Å². The van der Waals surface area contributed by atoms with Crippen molar-refractivity contribution in [2.75, 3.05) is 0 Å². The smallest absolute Gasteiger partial charge is 0 e. The van der Waals surface area contributed by atoms with Gasteiger partial charge < -0.3 is 19.4 Å². The molecule has 0 aliphatic heterocycles. The first-order valence-electron chi connectivity index (χ1n) is 0.983. The first-order valence-corrected chi connectivity index (χ1v) is 0.983. The van der Waals surface area contributed by atoms with Crippen LogP contribution in [0.2, 0.25) is 0 Å². The summed E-state index contributed by atoms with van der Waals surface area (Å²) in [6.07, 6.45) is 0.